The average molecular weight is 242 g/mol. The summed E-state index contributed by atoms with van der Waals surface area (Å²) in [4.78, 5) is 26.9. The predicted octanol–water partition coefficient (Wildman–Crippen LogP) is 0.778. The molecule has 0 radical (unpaired) electrons. The predicted molar refractivity (Wildman–Crippen MR) is 64.0 cm³/mol. The maximum Gasteiger partial charge on any atom is 0.242 e. The van der Waals surface area contributed by atoms with E-state index in [0.717, 1.165) is 19.5 Å². The first kappa shape index (κ1) is 11.8. The molecule has 16 heavy (non-hydrogen) atoms. The molecular formula is C11H18N2O2S. The molecule has 0 aliphatic carbocycles. The van der Waals surface area contributed by atoms with Crippen LogP contribution in [-0.2, 0) is 9.59 Å². The summed E-state index contributed by atoms with van der Waals surface area (Å²) in [6.07, 6.45) is 2.30. The van der Waals surface area contributed by atoms with Crippen LogP contribution in [0.3, 0.4) is 0 Å². The largest absolute Gasteiger partial charge is 0.341 e. The quantitative estimate of drug-likeness (QED) is 0.718. The van der Waals surface area contributed by atoms with Crippen LogP contribution in [-0.4, -0.2) is 52.9 Å². The van der Waals surface area contributed by atoms with Crippen molar-refractivity contribution in [3.8, 4) is 0 Å². The summed E-state index contributed by atoms with van der Waals surface area (Å²) in [6.45, 7) is 4.17. The van der Waals surface area contributed by atoms with Gasteiger partial charge in [-0.15, -0.1) is 11.8 Å². The molecule has 2 fully saturated rings. The van der Waals surface area contributed by atoms with Crippen LogP contribution >= 0.6 is 11.8 Å². The highest BCUT2D eigenvalue weighted by Crippen LogP contribution is 2.18. The molecule has 90 valence electrons. The van der Waals surface area contributed by atoms with E-state index in [1.807, 2.05) is 4.90 Å². The molecule has 0 aromatic rings. The van der Waals surface area contributed by atoms with Crippen molar-refractivity contribution in [2.75, 3.05) is 31.3 Å². The van der Waals surface area contributed by atoms with Crippen molar-refractivity contribution < 1.29 is 9.59 Å². The van der Waals surface area contributed by atoms with Gasteiger partial charge in [-0.05, 0) is 18.8 Å². The Hall–Kier alpha value is -0.710. The number of rotatable bonds is 2. The molecule has 0 bridgehead atoms. The van der Waals surface area contributed by atoms with Crippen LogP contribution in [0.1, 0.15) is 19.8 Å². The highest BCUT2D eigenvalue weighted by Gasteiger charge is 2.27. The summed E-state index contributed by atoms with van der Waals surface area (Å²) in [6, 6.07) is 0. The van der Waals surface area contributed by atoms with Gasteiger partial charge in [-0.25, -0.2) is 0 Å². The average Bonchev–Trinajstić information content (AvgIpc) is 2.64. The van der Waals surface area contributed by atoms with Crippen molar-refractivity contribution in [3.05, 3.63) is 0 Å². The van der Waals surface area contributed by atoms with Gasteiger partial charge in [0.2, 0.25) is 11.8 Å². The zero-order chi connectivity index (χ0) is 11.5. The standard InChI is InChI=1S/C11H18N2O2S/c1-9-3-2-4-12(5-9)10(14)6-13-8-16-7-11(13)15/h9H,2-8H2,1H3. The summed E-state index contributed by atoms with van der Waals surface area (Å²) in [5.41, 5.74) is 0. The Morgan fingerprint density at radius 1 is 1.56 bits per heavy atom. The zero-order valence-corrected chi connectivity index (χ0v) is 10.5. The lowest BCUT2D eigenvalue weighted by atomic mass is 10.0. The Morgan fingerprint density at radius 2 is 2.38 bits per heavy atom. The fraction of sp³-hybridized carbons (Fsp3) is 0.818. The van der Waals surface area contributed by atoms with Gasteiger partial charge in [0, 0.05) is 13.1 Å². The fourth-order valence-corrected chi connectivity index (χ4v) is 3.12. The van der Waals surface area contributed by atoms with Crippen LogP contribution < -0.4 is 0 Å². The van der Waals surface area contributed by atoms with Crippen LogP contribution in [0, 0.1) is 5.92 Å². The molecule has 1 atom stereocenters. The van der Waals surface area contributed by atoms with Gasteiger partial charge in [0.05, 0.1) is 11.6 Å². The van der Waals surface area contributed by atoms with Crippen molar-refractivity contribution in [3.63, 3.8) is 0 Å². The third-order valence-electron chi connectivity index (χ3n) is 3.16. The van der Waals surface area contributed by atoms with Crippen molar-refractivity contribution in [2.45, 2.75) is 19.8 Å². The number of piperidine rings is 1. The molecule has 0 aromatic carbocycles. The number of nitrogens with zero attached hydrogens (tertiary/aromatic N) is 2. The van der Waals surface area contributed by atoms with Gasteiger partial charge < -0.3 is 9.80 Å². The highest BCUT2D eigenvalue weighted by molar-refractivity contribution is 8.00. The molecule has 2 rings (SSSR count). The van der Waals surface area contributed by atoms with Crippen LogP contribution in [0.5, 0.6) is 0 Å². The summed E-state index contributed by atoms with van der Waals surface area (Å²) < 4.78 is 0. The lowest BCUT2D eigenvalue weighted by molar-refractivity contribution is -0.139. The lowest BCUT2D eigenvalue weighted by Gasteiger charge is -2.32. The molecule has 0 saturated carbocycles. The maximum atomic E-state index is 12.0. The molecule has 2 saturated heterocycles. The number of hydrogen-bond acceptors (Lipinski definition) is 3. The second kappa shape index (κ2) is 5.08. The number of likely N-dealkylation sites (tertiary alicyclic amines) is 1. The highest BCUT2D eigenvalue weighted by atomic mass is 32.2. The molecule has 1 unspecified atom stereocenters. The van der Waals surface area contributed by atoms with Gasteiger partial charge in [-0.1, -0.05) is 6.92 Å². The van der Waals surface area contributed by atoms with E-state index in [-0.39, 0.29) is 18.4 Å². The molecule has 2 amide bonds. The molecule has 2 heterocycles. The van der Waals surface area contributed by atoms with Crippen LogP contribution in [0.4, 0.5) is 0 Å². The second-order valence-electron chi connectivity index (χ2n) is 4.66. The number of carbonyl (C=O) groups is 2. The number of amides is 2. The Morgan fingerprint density at radius 3 is 3.00 bits per heavy atom. The summed E-state index contributed by atoms with van der Waals surface area (Å²) in [5.74, 6) is 2.02. The maximum absolute atomic E-state index is 12.0. The van der Waals surface area contributed by atoms with E-state index in [1.165, 1.54) is 6.42 Å². The minimum absolute atomic E-state index is 0.100. The number of hydrogen-bond donors (Lipinski definition) is 0. The third kappa shape index (κ3) is 2.70. The van der Waals surface area contributed by atoms with E-state index in [2.05, 4.69) is 6.92 Å². The molecule has 2 aliphatic rings. The van der Waals surface area contributed by atoms with Gasteiger partial charge in [0.1, 0.15) is 6.54 Å². The van der Waals surface area contributed by atoms with Crippen LogP contribution in [0.15, 0.2) is 0 Å². The van der Waals surface area contributed by atoms with Crippen molar-refractivity contribution in [2.24, 2.45) is 5.92 Å². The minimum atomic E-state index is 0.100. The molecule has 0 spiro atoms. The first-order valence-electron chi connectivity index (χ1n) is 5.80. The summed E-state index contributed by atoms with van der Waals surface area (Å²) in [5, 5.41) is 0. The van der Waals surface area contributed by atoms with E-state index < -0.39 is 0 Å². The Balaban J connectivity index is 1.85. The monoisotopic (exact) mass is 242 g/mol. The fourth-order valence-electron chi connectivity index (χ4n) is 2.22. The van der Waals surface area contributed by atoms with Gasteiger partial charge in [0.25, 0.3) is 0 Å². The van der Waals surface area contributed by atoms with Gasteiger partial charge in [0.15, 0.2) is 0 Å². The normalized spacial score (nSPS) is 26.3. The molecular weight excluding hydrogens is 224 g/mol. The molecule has 0 aromatic heterocycles. The number of carbonyl (C=O) groups excluding carboxylic acids is 2. The van der Waals surface area contributed by atoms with Crippen LogP contribution in [0.25, 0.3) is 0 Å². The Kier molecular flexibility index (Phi) is 3.74. The zero-order valence-electron chi connectivity index (χ0n) is 9.65. The van der Waals surface area contributed by atoms with Gasteiger partial charge in [-0.2, -0.15) is 0 Å². The summed E-state index contributed by atoms with van der Waals surface area (Å²) >= 11 is 1.59. The van der Waals surface area contributed by atoms with E-state index in [0.29, 0.717) is 17.5 Å². The van der Waals surface area contributed by atoms with Gasteiger partial charge >= 0.3 is 0 Å². The lowest BCUT2D eigenvalue weighted by Crippen LogP contribution is -2.45. The van der Waals surface area contributed by atoms with Gasteiger partial charge in [-0.3, -0.25) is 9.59 Å². The minimum Gasteiger partial charge on any atom is -0.341 e. The topological polar surface area (TPSA) is 40.6 Å². The Labute approximate surface area is 100 Å². The van der Waals surface area contributed by atoms with E-state index in [4.69, 9.17) is 0 Å². The van der Waals surface area contributed by atoms with E-state index in [9.17, 15) is 9.59 Å². The molecule has 0 N–H and O–H groups in total. The smallest absolute Gasteiger partial charge is 0.242 e. The van der Waals surface area contributed by atoms with Crippen molar-refractivity contribution in [1.29, 1.82) is 0 Å². The van der Waals surface area contributed by atoms with Crippen molar-refractivity contribution in [1.82, 2.24) is 9.80 Å². The third-order valence-corrected chi connectivity index (χ3v) is 4.11. The SMILES string of the molecule is CC1CCCN(C(=O)CN2CSCC2=O)C1. The van der Waals surface area contributed by atoms with Crippen molar-refractivity contribution >= 4 is 23.6 Å². The molecule has 5 heteroatoms. The van der Waals surface area contributed by atoms with Crippen LogP contribution in [0.2, 0.25) is 0 Å². The summed E-state index contributed by atoms with van der Waals surface area (Å²) in [7, 11) is 0. The molecule has 4 nitrogen and oxygen atoms in total. The molecule has 2 aliphatic heterocycles. The first-order valence-corrected chi connectivity index (χ1v) is 6.95. The van der Waals surface area contributed by atoms with E-state index in [1.54, 1.807) is 16.7 Å². The first-order chi connectivity index (χ1) is 7.66. The Bertz CT molecular complexity index is 296. The second-order valence-corrected chi connectivity index (χ2v) is 5.61. The van der Waals surface area contributed by atoms with E-state index >= 15 is 0 Å². The number of thioether (sulfide) groups is 1.